The van der Waals surface area contributed by atoms with Crippen LogP contribution in [0.2, 0.25) is 0 Å². The Morgan fingerprint density at radius 2 is 2.11 bits per heavy atom. The molecule has 0 aromatic rings. The van der Waals surface area contributed by atoms with Crippen LogP contribution in [0.1, 0.15) is 26.7 Å². The van der Waals surface area contributed by atoms with Gasteiger partial charge in [-0.05, 0) is 25.8 Å². The molecule has 0 amide bonds. The quantitative estimate of drug-likeness (QED) is 0.833. The van der Waals surface area contributed by atoms with Gasteiger partial charge >= 0.3 is 5.97 Å². The zero-order valence-corrected chi connectivity index (χ0v) is 12.0. The number of carboxylic acids is 1. The third-order valence-corrected chi connectivity index (χ3v) is 4.50. The van der Waals surface area contributed by atoms with Crippen LogP contribution in [0.25, 0.3) is 0 Å². The average molecular weight is 271 g/mol. The first-order valence-electron chi connectivity index (χ1n) is 7.14. The van der Waals surface area contributed by atoms with Crippen molar-refractivity contribution in [2.24, 2.45) is 11.8 Å². The van der Waals surface area contributed by atoms with Gasteiger partial charge in [0.05, 0.1) is 25.2 Å². The first kappa shape index (κ1) is 14.8. The summed E-state index contributed by atoms with van der Waals surface area (Å²) in [6.45, 7) is 5.97. The van der Waals surface area contributed by atoms with Crippen LogP contribution in [0.4, 0.5) is 0 Å². The summed E-state index contributed by atoms with van der Waals surface area (Å²) in [6, 6.07) is 0.392. The second-order valence-corrected chi connectivity index (χ2v) is 6.05. The number of nitrogens with zero attached hydrogens (tertiary/aromatic N) is 1. The topological polar surface area (TPSA) is 59.0 Å². The van der Waals surface area contributed by atoms with Crippen molar-refractivity contribution in [3.05, 3.63) is 0 Å². The van der Waals surface area contributed by atoms with Crippen LogP contribution in [0.5, 0.6) is 0 Å². The molecule has 0 aromatic heterocycles. The lowest BCUT2D eigenvalue weighted by Gasteiger charge is -2.40. The van der Waals surface area contributed by atoms with Crippen LogP contribution < -0.4 is 0 Å². The lowest BCUT2D eigenvalue weighted by Crippen LogP contribution is -2.50. The van der Waals surface area contributed by atoms with E-state index in [1.807, 2.05) is 7.05 Å². The van der Waals surface area contributed by atoms with Gasteiger partial charge in [-0.2, -0.15) is 0 Å². The molecule has 1 N–H and O–H groups in total. The number of hydrogen-bond acceptors (Lipinski definition) is 4. The second-order valence-electron chi connectivity index (χ2n) is 6.05. The lowest BCUT2D eigenvalue weighted by molar-refractivity contribution is -0.143. The molecule has 2 fully saturated rings. The summed E-state index contributed by atoms with van der Waals surface area (Å²) in [7, 11) is 2.03. The molecule has 2 rings (SSSR count). The molecular weight excluding hydrogens is 246 g/mol. The van der Waals surface area contributed by atoms with Gasteiger partial charge in [0.1, 0.15) is 0 Å². The van der Waals surface area contributed by atoms with Gasteiger partial charge in [0.2, 0.25) is 0 Å². The zero-order valence-electron chi connectivity index (χ0n) is 12.0. The monoisotopic (exact) mass is 271 g/mol. The van der Waals surface area contributed by atoms with E-state index in [4.69, 9.17) is 9.47 Å². The number of carbonyl (C=O) groups is 1. The maximum atomic E-state index is 11.2. The van der Waals surface area contributed by atoms with Crippen molar-refractivity contribution in [3.8, 4) is 0 Å². The van der Waals surface area contributed by atoms with E-state index in [1.165, 1.54) is 0 Å². The van der Waals surface area contributed by atoms with Crippen LogP contribution in [0.15, 0.2) is 0 Å². The Labute approximate surface area is 114 Å². The fraction of sp³-hybridized carbons (Fsp3) is 0.929. The van der Waals surface area contributed by atoms with Gasteiger partial charge in [-0.25, -0.2) is 0 Å². The molecule has 2 aliphatic heterocycles. The minimum Gasteiger partial charge on any atom is -0.481 e. The van der Waals surface area contributed by atoms with Crippen LogP contribution in [-0.2, 0) is 14.3 Å². The Bertz CT molecular complexity index is 321. The van der Waals surface area contributed by atoms with Crippen molar-refractivity contribution in [3.63, 3.8) is 0 Å². The molecule has 0 saturated carbocycles. The smallest absolute Gasteiger partial charge is 0.310 e. The number of carboxylic acid groups (broad SMARTS) is 1. The summed E-state index contributed by atoms with van der Waals surface area (Å²) in [4.78, 5) is 13.5. The SMILES string of the molecule is CC(C)C1CC(N(C)C2COCC2C(=O)O)CCO1. The third-order valence-electron chi connectivity index (χ3n) is 4.50. The molecule has 0 aromatic carbocycles. The Kier molecular flexibility index (Phi) is 4.81. The number of likely N-dealkylation sites (N-methyl/N-ethyl adjacent to an activating group) is 1. The first-order valence-corrected chi connectivity index (χ1v) is 7.14. The standard InChI is InChI=1S/C14H25NO4/c1-9(2)13-6-10(4-5-19-13)15(3)12-8-18-7-11(12)14(16)17/h9-13H,4-8H2,1-3H3,(H,16,17). The fourth-order valence-corrected chi connectivity index (χ4v) is 3.10. The highest BCUT2D eigenvalue weighted by atomic mass is 16.5. The summed E-state index contributed by atoms with van der Waals surface area (Å²) in [6.07, 6.45) is 2.24. The minimum atomic E-state index is -0.748. The van der Waals surface area contributed by atoms with Gasteiger partial charge in [0.15, 0.2) is 0 Å². The molecular formula is C14H25NO4. The maximum Gasteiger partial charge on any atom is 0.310 e. The summed E-state index contributed by atoms with van der Waals surface area (Å²) in [5.41, 5.74) is 0. The molecule has 4 unspecified atom stereocenters. The van der Waals surface area contributed by atoms with E-state index in [2.05, 4.69) is 18.7 Å². The minimum absolute atomic E-state index is 0.00610. The van der Waals surface area contributed by atoms with Gasteiger partial charge in [0.25, 0.3) is 0 Å². The molecule has 0 aliphatic carbocycles. The van der Waals surface area contributed by atoms with Crippen molar-refractivity contribution in [2.75, 3.05) is 26.9 Å². The van der Waals surface area contributed by atoms with Crippen molar-refractivity contribution in [2.45, 2.75) is 44.9 Å². The van der Waals surface area contributed by atoms with E-state index in [-0.39, 0.29) is 12.1 Å². The number of ether oxygens (including phenoxy) is 2. The highest BCUT2D eigenvalue weighted by Gasteiger charge is 2.40. The highest BCUT2D eigenvalue weighted by molar-refractivity contribution is 5.71. The molecule has 2 aliphatic rings. The average Bonchev–Trinajstić information content (AvgIpc) is 2.87. The first-order chi connectivity index (χ1) is 9.00. The molecule has 110 valence electrons. The normalized spacial score (nSPS) is 36.1. The van der Waals surface area contributed by atoms with Gasteiger partial charge in [-0.1, -0.05) is 13.8 Å². The molecule has 0 spiro atoms. The largest absolute Gasteiger partial charge is 0.481 e. The number of aliphatic carboxylic acids is 1. The van der Waals surface area contributed by atoms with Gasteiger partial charge in [-0.15, -0.1) is 0 Å². The van der Waals surface area contributed by atoms with Crippen LogP contribution in [0.3, 0.4) is 0 Å². The Morgan fingerprint density at radius 1 is 1.37 bits per heavy atom. The Balaban J connectivity index is 1.98. The second kappa shape index (κ2) is 6.20. The molecule has 0 bridgehead atoms. The third kappa shape index (κ3) is 3.27. The van der Waals surface area contributed by atoms with Crippen LogP contribution in [0, 0.1) is 11.8 Å². The summed E-state index contributed by atoms with van der Waals surface area (Å²) in [5, 5.41) is 9.24. The van der Waals surface area contributed by atoms with Crippen molar-refractivity contribution >= 4 is 5.97 Å². The molecule has 0 radical (unpaired) electrons. The fourth-order valence-electron chi connectivity index (χ4n) is 3.10. The van der Waals surface area contributed by atoms with E-state index >= 15 is 0 Å². The van der Waals surface area contributed by atoms with E-state index in [0.29, 0.717) is 25.2 Å². The maximum absolute atomic E-state index is 11.2. The molecule has 4 atom stereocenters. The molecule has 2 saturated heterocycles. The van der Waals surface area contributed by atoms with Gasteiger partial charge < -0.3 is 14.6 Å². The molecule has 5 heteroatoms. The van der Waals surface area contributed by atoms with Gasteiger partial charge in [0, 0.05) is 18.7 Å². The van der Waals surface area contributed by atoms with Crippen LogP contribution >= 0.6 is 0 Å². The number of hydrogen-bond donors (Lipinski definition) is 1. The van der Waals surface area contributed by atoms with E-state index in [1.54, 1.807) is 0 Å². The summed E-state index contributed by atoms with van der Waals surface area (Å²) >= 11 is 0. The molecule has 5 nitrogen and oxygen atoms in total. The van der Waals surface area contributed by atoms with E-state index < -0.39 is 11.9 Å². The summed E-state index contributed by atoms with van der Waals surface area (Å²) < 4.78 is 11.1. The lowest BCUT2D eigenvalue weighted by atomic mass is 9.92. The predicted octanol–water partition coefficient (Wildman–Crippen LogP) is 1.22. The van der Waals surface area contributed by atoms with Crippen molar-refractivity contribution in [1.82, 2.24) is 4.90 Å². The highest BCUT2D eigenvalue weighted by Crippen LogP contribution is 2.28. The van der Waals surface area contributed by atoms with E-state index in [0.717, 1.165) is 19.4 Å². The Morgan fingerprint density at radius 3 is 2.74 bits per heavy atom. The summed E-state index contributed by atoms with van der Waals surface area (Å²) in [5.74, 6) is -0.640. The molecule has 2 heterocycles. The zero-order chi connectivity index (χ0) is 14.0. The Hall–Kier alpha value is -0.650. The van der Waals surface area contributed by atoms with Gasteiger partial charge in [-0.3, -0.25) is 9.69 Å². The molecule has 19 heavy (non-hydrogen) atoms. The van der Waals surface area contributed by atoms with Crippen molar-refractivity contribution < 1.29 is 19.4 Å². The van der Waals surface area contributed by atoms with Crippen LogP contribution in [-0.4, -0.2) is 61.0 Å². The van der Waals surface area contributed by atoms with Crippen molar-refractivity contribution in [1.29, 1.82) is 0 Å². The number of rotatable bonds is 4. The van der Waals surface area contributed by atoms with E-state index in [9.17, 15) is 9.90 Å². The predicted molar refractivity (Wildman–Crippen MR) is 71.1 cm³/mol.